The Kier molecular flexibility index (Phi) is 23.8. The van der Waals surface area contributed by atoms with Crippen LogP contribution in [0.5, 0.6) is 0 Å². The number of rotatable bonds is 24. The van der Waals surface area contributed by atoms with Gasteiger partial charge in [-0.1, -0.05) is 26.3 Å². The zero-order valence-corrected chi connectivity index (χ0v) is 35.9. The fourth-order valence-corrected chi connectivity index (χ4v) is 22.7. The fraction of sp³-hybridized carbons (Fsp3) is 0.647. The fourth-order valence-electron chi connectivity index (χ4n) is 5.03. The van der Waals surface area contributed by atoms with E-state index in [-0.39, 0.29) is 23.6 Å². The third kappa shape index (κ3) is 27.6. The molecule has 10 nitrogen and oxygen atoms in total. The summed E-state index contributed by atoms with van der Waals surface area (Å²) in [5.41, 5.74) is 1.08. The van der Waals surface area contributed by atoms with Gasteiger partial charge in [0.15, 0.2) is 33.3 Å². The van der Waals surface area contributed by atoms with Crippen LogP contribution in [0.25, 0.3) is 0 Å². The lowest BCUT2D eigenvalue weighted by Gasteiger charge is -2.34. The molecule has 0 spiro atoms. The van der Waals surface area contributed by atoms with Crippen molar-refractivity contribution in [2.24, 2.45) is 0 Å². The van der Waals surface area contributed by atoms with Crippen LogP contribution in [-0.2, 0) is 27.4 Å². The molecule has 4 amide bonds. The average molecular weight is 741 g/mol. The molecule has 0 fully saturated rings. The zero-order chi connectivity index (χ0) is 37.6. The van der Waals surface area contributed by atoms with Gasteiger partial charge in [-0.2, -0.15) is 0 Å². The van der Waals surface area contributed by atoms with E-state index in [1.165, 1.54) is 12.2 Å². The Morgan fingerprint density at radius 2 is 0.729 bits per heavy atom. The summed E-state index contributed by atoms with van der Waals surface area (Å²) in [4.78, 5) is 45.2. The van der Waals surface area contributed by atoms with E-state index in [1.54, 1.807) is 13.8 Å². The van der Waals surface area contributed by atoms with Crippen molar-refractivity contribution in [1.82, 2.24) is 21.3 Å². The van der Waals surface area contributed by atoms with Gasteiger partial charge in [-0.15, -0.1) is 0 Å². The Morgan fingerprint density at radius 1 is 0.500 bits per heavy atom. The van der Waals surface area contributed by atoms with Crippen LogP contribution in [-0.4, -0.2) is 83.1 Å². The van der Waals surface area contributed by atoms with E-state index >= 15 is 0 Å². The molecule has 0 aliphatic carbocycles. The number of nitrogens with one attached hydrogen (secondary N) is 4. The first-order chi connectivity index (χ1) is 22.0. The van der Waals surface area contributed by atoms with Crippen molar-refractivity contribution < 1.29 is 27.4 Å². The largest absolute Gasteiger partial charge is 0.455 e. The molecule has 0 saturated heterocycles. The molecule has 14 heteroatoms. The van der Waals surface area contributed by atoms with Crippen molar-refractivity contribution in [3.63, 3.8) is 0 Å². The first kappa shape index (κ1) is 47.7. The number of amides is 4. The summed E-state index contributed by atoms with van der Waals surface area (Å²) < 4.78 is 13.1. The maximum atomic E-state index is 11.5. The van der Waals surface area contributed by atoms with Crippen molar-refractivity contribution in [3.8, 4) is 0 Å². The third-order valence-electron chi connectivity index (χ3n) is 7.24. The molecular formula is C34H68N4O6Si4. The Balaban J connectivity index is 0. The second-order valence-electron chi connectivity index (χ2n) is 14.7. The summed E-state index contributed by atoms with van der Waals surface area (Å²) in [6.45, 7) is 38.1. The van der Waals surface area contributed by atoms with Crippen LogP contribution >= 0.6 is 0 Å². The average Bonchev–Trinajstić information content (AvgIpc) is 2.96. The molecule has 0 aromatic heterocycles. The van der Waals surface area contributed by atoms with E-state index in [2.05, 4.69) is 100.0 Å². The summed E-state index contributed by atoms with van der Waals surface area (Å²) in [6, 6.07) is 4.08. The first-order valence-corrected chi connectivity index (χ1v) is 29.5. The van der Waals surface area contributed by atoms with Gasteiger partial charge in [0.2, 0.25) is 23.6 Å². The predicted octanol–water partition coefficient (Wildman–Crippen LogP) is 6.38. The molecule has 0 aromatic carbocycles. The quantitative estimate of drug-likeness (QED) is 0.0516. The topological polar surface area (TPSA) is 135 Å². The minimum Gasteiger partial charge on any atom is -0.455 e. The number of hydrogen-bond donors (Lipinski definition) is 4. The molecule has 4 N–H and O–H groups in total. The smallest absolute Gasteiger partial charge is 0.246 e. The number of hydrogen-bond acceptors (Lipinski definition) is 6. The van der Waals surface area contributed by atoms with Gasteiger partial charge in [0, 0.05) is 37.3 Å². The highest BCUT2D eigenvalue weighted by Gasteiger charge is 2.33. The maximum Gasteiger partial charge on any atom is 0.246 e. The second-order valence-corrected chi connectivity index (χ2v) is 32.4. The van der Waals surface area contributed by atoms with Gasteiger partial charge in [-0.3, -0.25) is 19.2 Å². The second kappa shape index (κ2) is 23.9. The normalized spacial score (nSPS) is 11.7. The van der Waals surface area contributed by atoms with Crippen LogP contribution in [0.2, 0.25) is 76.6 Å². The molecule has 0 bridgehead atoms. The first-order valence-electron chi connectivity index (χ1n) is 17.1. The van der Waals surface area contributed by atoms with Crippen LogP contribution in [0.1, 0.15) is 39.5 Å². The molecule has 0 unspecified atom stereocenters. The highest BCUT2D eigenvalue weighted by Crippen LogP contribution is 2.24. The molecular weight excluding hydrogens is 673 g/mol. The number of carbonyl (C=O) groups excluding carboxylic acids is 4. The van der Waals surface area contributed by atoms with Gasteiger partial charge >= 0.3 is 0 Å². The van der Waals surface area contributed by atoms with E-state index in [0.29, 0.717) is 37.3 Å². The molecule has 0 saturated carbocycles. The summed E-state index contributed by atoms with van der Waals surface area (Å²) in [5.74, 6) is -0.401. The van der Waals surface area contributed by atoms with Gasteiger partial charge in [-0.05, 0) is 128 Å². The Hall–Kier alpha value is -2.37. The van der Waals surface area contributed by atoms with Crippen molar-refractivity contribution >= 4 is 56.9 Å². The lowest BCUT2D eigenvalue weighted by atomic mass is 10.3. The van der Waals surface area contributed by atoms with Gasteiger partial charge in [0.25, 0.3) is 0 Å². The van der Waals surface area contributed by atoms with E-state index in [9.17, 15) is 19.2 Å². The van der Waals surface area contributed by atoms with E-state index < -0.39 is 33.3 Å². The SMILES string of the molecule is C=C(C)C(=O)NCCC[Si](C)(C)O[Si](C)(C)CCCNC(=O)C(=C)C.C=CC(=O)NCCC[Si](C)(C)O[Si](C)(C)CCCNC(=O)C=C. The van der Waals surface area contributed by atoms with Crippen LogP contribution in [0, 0.1) is 0 Å². The molecule has 0 heterocycles. The van der Waals surface area contributed by atoms with E-state index in [4.69, 9.17) is 8.23 Å². The molecule has 276 valence electrons. The maximum absolute atomic E-state index is 11.5. The van der Waals surface area contributed by atoms with Crippen LogP contribution < -0.4 is 21.3 Å². The van der Waals surface area contributed by atoms with Gasteiger partial charge < -0.3 is 29.5 Å². The molecule has 0 radical (unpaired) electrons. The minimum absolute atomic E-state index is 0.0769. The highest BCUT2D eigenvalue weighted by atomic mass is 28.4. The van der Waals surface area contributed by atoms with Crippen LogP contribution in [0.15, 0.2) is 49.6 Å². The van der Waals surface area contributed by atoms with Crippen molar-refractivity contribution in [2.75, 3.05) is 26.2 Å². The third-order valence-corrected chi connectivity index (χ3v) is 22.3. The van der Waals surface area contributed by atoms with Crippen LogP contribution in [0.4, 0.5) is 0 Å². The molecule has 0 aliphatic heterocycles. The summed E-state index contributed by atoms with van der Waals surface area (Å²) in [5, 5.41) is 11.3. The highest BCUT2D eigenvalue weighted by molar-refractivity contribution is 6.85. The predicted molar refractivity (Wildman–Crippen MR) is 212 cm³/mol. The van der Waals surface area contributed by atoms with Crippen molar-refractivity contribution in [1.29, 1.82) is 0 Å². The molecule has 0 aromatic rings. The lowest BCUT2D eigenvalue weighted by molar-refractivity contribution is -0.118. The van der Waals surface area contributed by atoms with Gasteiger partial charge in [0.05, 0.1) is 0 Å². The van der Waals surface area contributed by atoms with Crippen molar-refractivity contribution in [3.05, 3.63) is 49.6 Å². The summed E-state index contributed by atoms with van der Waals surface area (Å²) in [6.07, 6.45) is 6.30. The van der Waals surface area contributed by atoms with Gasteiger partial charge in [-0.25, -0.2) is 0 Å². The molecule has 0 rings (SSSR count). The Bertz CT molecular complexity index is 1010. The molecule has 0 atom stereocenters. The van der Waals surface area contributed by atoms with E-state index in [1.807, 2.05) is 0 Å². The molecule has 0 aliphatic rings. The Morgan fingerprint density at radius 3 is 0.938 bits per heavy atom. The summed E-state index contributed by atoms with van der Waals surface area (Å²) in [7, 11) is -6.96. The Labute approximate surface area is 296 Å². The number of carbonyl (C=O) groups is 4. The standard InChI is InChI=1S/C18H36N2O3Si2.C16H32N2O3Si2/c1-15(2)17(21)19-11-9-13-24(5,6)23-25(7,8)14-10-12-20-18(22)16(3)4;1-7-15(19)17-11-9-13-22(3,4)21-23(5,6)14-10-12-18-16(20)8-2/h1,3,9-14H2,2,4-8H3,(H,19,21)(H,20,22);7-8H,1-2,9-14H2,3-6H3,(H,17,19)(H,18,20). The summed E-state index contributed by atoms with van der Waals surface area (Å²) >= 11 is 0. The minimum atomic E-state index is -1.75. The van der Waals surface area contributed by atoms with Crippen molar-refractivity contribution in [2.45, 2.75) is 116 Å². The van der Waals surface area contributed by atoms with Gasteiger partial charge in [0.1, 0.15) is 0 Å². The monoisotopic (exact) mass is 740 g/mol. The van der Waals surface area contributed by atoms with Crippen LogP contribution in [0.3, 0.4) is 0 Å². The lowest BCUT2D eigenvalue weighted by Crippen LogP contribution is -2.45. The zero-order valence-electron chi connectivity index (χ0n) is 31.9. The molecule has 48 heavy (non-hydrogen) atoms. The van der Waals surface area contributed by atoms with E-state index in [0.717, 1.165) is 49.9 Å².